The van der Waals surface area contributed by atoms with Crippen LogP contribution in [0.1, 0.15) is 0 Å². The zero-order valence-corrected chi connectivity index (χ0v) is 8.99. The Labute approximate surface area is 89.8 Å². The predicted molar refractivity (Wildman–Crippen MR) is 22.0 cm³/mol. The first kappa shape index (κ1) is 30.9. The van der Waals surface area contributed by atoms with Gasteiger partial charge in [0, 0.05) is 0 Å². The molecule has 61 valence electrons. The predicted octanol–water partition coefficient (Wildman–Crippen LogP) is -11.4. The molecule has 0 aromatic carbocycles. The summed E-state index contributed by atoms with van der Waals surface area (Å²) in [5.74, 6) is -0.0355. The molecule has 0 amide bonds. The Morgan fingerprint density at radius 2 is 1.50 bits per heavy atom. The Balaban J connectivity index is -0.0000000208. The van der Waals surface area contributed by atoms with Gasteiger partial charge in [0.05, 0.1) is 0 Å². The molecule has 5 N–H and O–H groups in total. The maximum Gasteiger partial charge on any atom is 3.00 e. The van der Waals surface area contributed by atoms with E-state index >= 15 is 0 Å². The standard InChI is InChI=1S/CH4N3OP.3ClH.Cr/c2-1(3)4-6-5;;;;/h(H4,2,3,4,5);3*1H;/q;;;;+3/p-2. The van der Waals surface area contributed by atoms with Crippen LogP contribution < -0.4 is 53.5 Å². The largest absolute Gasteiger partial charge is 3.00 e. The zero-order chi connectivity index (χ0) is 4.99. The first-order chi connectivity index (χ1) is 2.77. The Hall–Kier alpha value is 0.772. The molecule has 0 spiro atoms. The van der Waals surface area contributed by atoms with Crippen LogP contribution in [-0.4, -0.2) is 5.96 Å². The summed E-state index contributed by atoms with van der Waals surface area (Å²) in [7, 11) is -0.263. The second-order valence-electron chi connectivity index (χ2n) is 0.658. The van der Waals surface area contributed by atoms with E-state index in [1.54, 1.807) is 0 Å². The van der Waals surface area contributed by atoms with Gasteiger partial charge in [-0.1, -0.05) is 0 Å². The summed E-state index contributed by atoms with van der Waals surface area (Å²) in [6, 6.07) is 0. The van der Waals surface area contributed by atoms with E-state index in [0.717, 1.165) is 0 Å². The van der Waals surface area contributed by atoms with Crippen LogP contribution in [0.25, 0.3) is 0 Å². The van der Waals surface area contributed by atoms with Gasteiger partial charge in [0.15, 0.2) is 0 Å². The number of rotatable bonds is 1. The van der Waals surface area contributed by atoms with E-state index in [2.05, 4.69) is 4.76 Å². The average Bonchev–Trinajstić information content (AvgIpc) is 1.35. The van der Waals surface area contributed by atoms with Gasteiger partial charge >= 0.3 is 31.9 Å². The fourth-order valence-corrected chi connectivity index (χ4v) is 0.158. The second-order valence-corrected chi connectivity index (χ2v) is 1.06. The van der Waals surface area contributed by atoms with Crippen molar-refractivity contribution < 1.29 is 63.9 Å². The van der Waals surface area contributed by atoms with Gasteiger partial charge in [0.25, 0.3) is 0 Å². The SMILES string of the molecule is NC(N)=[NH+]P=O.[Cl-].[Cl-].[Cl-].[Cr+3]. The van der Waals surface area contributed by atoms with E-state index in [1.165, 1.54) is 0 Å². The van der Waals surface area contributed by atoms with E-state index in [0.29, 0.717) is 0 Å². The van der Waals surface area contributed by atoms with Crippen molar-refractivity contribution in [3.05, 3.63) is 0 Å². The molecular weight excluding hydrogens is 259 g/mol. The van der Waals surface area contributed by atoms with Crippen LogP contribution in [0.5, 0.6) is 0 Å². The van der Waals surface area contributed by atoms with Crippen molar-refractivity contribution >= 4 is 14.6 Å². The third kappa shape index (κ3) is 37.2. The van der Waals surface area contributed by atoms with E-state index in [9.17, 15) is 4.57 Å². The quantitative estimate of drug-likeness (QED) is 0.250. The van der Waals surface area contributed by atoms with Crippen LogP contribution >= 0.6 is 8.61 Å². The summed E-state index contributed by atoms with van der Waals surface area (Å²) in [6.45, 7) is 0. The molecule has 0 heterocycles. The molecule has 4 nitrogen and oxygen atoms in total. The summed E-state index contributed by atoms with van der Waals surface area (Å²) in [5, 5.41) is 0. The molecule has 0 aliphatic rings. The summed E-state index contributed by atoms with van der Waals surface area (Å²) in [5.41, 5.74) is 9.56. The van der Waals surface area contributed by atoms with Crippen molar-refractivity contribution in [1.29, 1.82) is 0 Å². The minimum Gasteiger partial charge on any atom is -1.00 e. The number of nitrogens with one attached hydrogen (secondary N) is 1. The zero-order valence-electron chi connectivity index (χ0n) is 4.55. The maximum absolute atomic E-state index is 9.42. The fourth-order valence-electron chi connectivity index (χ4n) is 0.0527. The van der Waals surface area contributed by atoms with Gasteiger partial charge in [-0.2, -0.15) is 4.76 Å². The summed E-state index contributed by atoms with van der Waals surface area (Å²) >= 11 is 0. The van der Waals surface area contributed by atoms with Gasteiger partial charge in [0.1, 0.15) is 0 Å². The average molecular weight is 264 g/mol. The first-order valence-electron chi connectivity index (χ1n) is 1.23. The van der Waals surface area contributed by atoms with Crippen LogP contribution in [0.15, 0.2) is 0 Å². The van der Waals surface area contributed by atoms with E-state index < -0.39 is 0 Å². The van der Waals surface area contributed by atoms with E-state index in [1.807, 2.05) is 0 Å². The van der Waals surface area contributed by atoms with Crippen molar-refractivity contribution in [1.82, 2.24) is 0 Å². The summed E-state index contributed by atoms with van der Waals surface area (Å²) in [6.07, 6.45) is 0. The number of nitrogens with two attached hydrogens (primary N) is 2. The molecule has 0 aromatic rings. The van der Waals surface area contributed by atoms with Crippen molar-refractivity contribution in [3.8, 4) is 0 Å². The normalized spacial score (nSPS) is 4.80. The van der Waals surface area contributed by atoms with Crippen LogP contribution in [0.4, 0.5) is 0 Å². The minimum atomic E-state index is -0.263. The van der Waals surface area contributed by atoms with Gasteiger partial charge in [-0.3, -0.25) is 11.5 Å². The molecular formula is CH5Cl3CrN3OP+. The van der Waals surface area contributed by atoms with Gasteiger partial charge in [-0.15, -0.1) is 0 Å². The molecule has 0 unspecified atom stereocenters. The monoisotopic (exact) mass is 263 g/mol. The molecule has 0 rings (SSSR count). The molecule has 0 aliphatic heterocycles. The van der Waals surface area contributed by atoms with E-state index in [-0.39, 0.29) is 69.2 Å². The number of hydrogen-bond acceptors (Lipinski definition) is 1. The maximum atomic E-state index is 9.42. The number of guanidine groups is 1. The second kappa shape index (κ2) is 22.6. The van der Waals surface area contributed by atoms with Crippen LogP contribution in [-0.2, 0) is 21.9 Å². The van der Waals surface area contributed by atoms with Gasteiger partial charge in [0.2, 0.25) is 0 Å². The van der Waals surface area contributed by atoms with Crippen LogP contribution in [0, 0.1) is 0 Å². The smallest absolute Gasteiger partial charge is 1.00 e. The fraction of sp³-hybridized carbons (Fsp3) is 0. The molecule has 0 saturated carbocycles. The molecule has 10 heavy (non-hydrogen) atoms. The van der Waals surface area contributed by atoms with Crippen molar-refractivity contribution in [3.63, 3.8) is 0 Å². The van der Waals surface area contributed by atoms with Crippen molar-refractivity contribution in [2.45, 2.75) is 0 Å². The van der Waals surface area contributed by atoms with Crippen LogP contribution in [0.2, 0.25) is 0 Å². The molecule has 0 fully saturated rings. The summed E-state index contributed by atoms with van der Waals surface area (Å²) < 4.78 is 11.5. The topological polar surface area (TPSA) is 83.1 Å². The molecule has 0 aromatic heterocycles. The Kier molecular flexibility index (Phi) is 69.7. The Morgan fingerprint density at radius 3 is 1.50 bits per heavy atom. The van der Waals surface area contributed by atoms with Crippen molar-refractivity contribution in [2.75, 3.05) is 0 Å². The molecule has 0 aliphatic carbocycles. The third-order valence-electron chi connectivity index (χ3n) is 0.175. The Bertz CT molecular complexity index is 87.8. The van der Waals surface area contributed by atoms with Gasteiger partial charge < -0.3 is 37.2 Å². The molecule has 1 radical (unpaired) electrons. The third-order valence-corrected chi connectivity index (χ3v) is 0.524. The number of hydrogen-bond donors (Lipinski definition) is 3. The van der Waals surface area contributed by atoms with E-state index in [4.69, 9.17) is 11.5 Å². The molecule has 0 saturated heterocycles. The minimum absolute atomic E-state index is 0. The Morgan fingerprint density at radius 1 is 1.20 bits per heavy atom. The molecule has 0 bridgehead atoms. The molecule has 0 atom stereocenters. The van der Waals surface area contributed by atoms with Crippen LogP contribution in [0.3, 0.4) is 0 Å². The van der Waals surface area contributed by atoms with Gasteiger partial charge in [-0.05, 0) is 0 Å². The first-order valence-corrected chi connectivity index (χ1v) is 2.05. The van der Waals surface area contributed by atoms with Gasteiger partial charge in [-0.25, -0.2) is 4.57 Å². The number of halogens is 3. The van der Waals surface area contributed by atoms with Crippen molar-refractivity contribution in [2.24, 2.45) is 11.5 Å². The molecule has 9 heteroatoms. The summed E-state index contributed by atoms with van der Waals surface area (Å²) in [4.78, 5) is 0.